The van der Waals surface area contributed by atoms with Gasteiger partial charge >= 0.3 is 0 Å². The van der Waals surface area contributed by atoms with Crippen molar-refractivity contribution < 1.29 is 4.79 Å². The van der Waals surface area contributed by atoms with Crippen LogP contribution in [0.3, 0.4) is 0 Å². The van der Waals surface area contributed by atoms with Gasteiger partial charge in [-0.2, -0.15) is 5.10 Å². The molecule has 0 saturated heterocycles. The highest BCUT2D eigenvalue weighted by molar-refractivity contribution is 6.09. The fourth-order valence-electron chi connectivity index (χ4n) is 2.73. The number of fused-ring (bicyclic) bond motifs is 1. The largest absolute Gasteiger partial charge is 0.383 e. The lowest BCUT2D eigenvalue weighted by atomic mass is 10.1. The van der Waals surface area contributed by atoms with E-state index in [9.17, 15) is 4.79 Å². The van der Waals surface area contributed by atoms with Crippen molar-refractivity contribution in [2.24, 2.45) is 0 Å². The summed E-state index contributed by atoms with van der Waals surface area (Å²) in [6.45, 7) is 0.662. The van der Waals surface area contributed by atoms with Gasteiger partial charge in [-0.15, -0.1) is 0 Å². The van der Waals surface area contributed by atoms with Crippen molar-refractivity contribution >= 4 is 17.4 Å². The smallest absolute Gasteiger partial charge is 0.263 e. The molecule has 21 heavy (non-hydrogen) atoms. The topological polar surface area (TPSA) is 101 Å². The van der Waals surface area contributed by atoms with Crippen LogP contribution >= 0.6 is 0 Å². The lowest BCUT2D eigenvalue weighted by Gasteiger charge is -2.26. The first-order valence-corrected chi connectivity index (χ1v) is 7.20. The molecule has 0 aromatic carbocycles. The molecule has 108 valence electrons. The van der Waals surface area contributed by atoms with Gasteiger partial charge in [0, 0.05) is 18.7 Å². The monoisotopic (exact) mass is 284 g/mol. The second kappa shape index (κ2) is 4.54. The van der Waals surface area contributed by atoms with Crippen molar-refractivity contribution in [1.29, 1.82) is 0 Å². The number of carbonyl (C=O) groups is 1. The minimum atomic E-state index is -0.155. The first-order chi connectivity index (χ1) is 10.2. The minimum absolute atomic E-state index is 0.155. The van der Waals surface area contributed by atoms with Crippen molar-refractivity contribution in [3.63, 3.8) is 0 Å². The van der Waals surface area contributed by atoms with E-state index >= 15 is 0 Å². The molecule has 0 bridgehead atoms. The van der Waals surface area contributed by atoms with Crippen LogP contribution in [-0.2, 0) is 6.42 Å². The molecule has 7 heteroatoms. The molecule has 1 saturated carbocycles. The van der Waals surface area contributed by atoms with E-state index in [2.05, 4.69) is 20.2 Å². The average molecular weight is 284 g/mol. The molecular weight excluding hydrogens is 268 g/mol. The summed E-state index contributed by atoms with van der Waals surface area (Å²) in [5.41, 5.74) is 8.16. The number of nitrogens with zero attached hydrogens (tertiary/aromatic N) is 4. The fraction of sp³-hybridized carbons (Fsp3) is 0.429. The van der Waals surface area contributed by atoms with Crippen LogP contribution in [0.1, 0.15) is 47.1 Å². The molecule has 2 aliphatic rings. The Labute approximate surface area is 121 Å². The van der Waals surface area contributed by atoms with Gasteiger partial charge in [-0.25, -0.2) is 9.97 Å². The fourth-order valence-corrected chi connectivity index (χ4v) is 2.73. The van der Waals surface area contributed by atoms with E-state index in [1.54, 1.807) is 17.3 Å². The number of nitrogens with one attached hydrogen (secondary N) is 1. The summed E-state index contributed by atoms with van der Waals surface area (Å²) in [4.78, 5) is 23.0. The standard InChI is InChI=1S/C14H16N6O/c15-12-9(6-16-13(18-12)8-3-4-8)14(21)20-5-1-2-10-11(20)7-17-19-10/h6-8H,1-5H2,(H,17,19)(H2,15,16,18). The van der Waals surface area contributed by atoms with Crippen LogP contribution in [0.15, 0.2) is 12.4 Å². The number of H-pyrrole nitrogens is 1. The van der Waals surface area contributed by atoms with E-state index in [-0.39, 0.29) is 11.7 Å². The van der Waals surface area contributed by atoms with Crippen LogP contribution < -0.4 is 10.6 Å². The Morgan fingerprint density at radius 1 is 1.38 bits per heavy atom. The number of aromatic nitrogens is 4. The van der Waals surface area contributed by atoms with Gasteiger partial charge in [-0.3, -0.25) is 9.89 Å². The molecular formula is C14H16N6O. The molecule has 3 N–H and O–H groups in total. The second-order valence-corrected chi connectivity index (χ2v) is 5.60. The third kappa shape index (κ3) is 2.05. The van der Waals surface area contributed by atoms with Crippen molar-refractivity contribution in [2.45, 2.75) is 31.6 Å². The summed E-state index contributed by atoms with van der Waals surface area (Å²) in [5.74, 6) is 1.29. The number of amides is 1. The zero-order valence-corrected chi connectivity index (χ0v) is 11.5. The van der Waals surface area contributed by atoms with E-state index in [4.69, 9.17) is 5.73 Å². The predicted molar refractivity (Wildman–Crippen MR) is 77.0 cm³/mol. The first-order valence-electron chi connectivity index (χ1n) is 7.20. The Bertz CT molecular complexity index is 705. The lowest BCUT2D eigenvalue weighted by molar-refractivity contribution is 0.0985. The van der Waals surface area contributed by atoms with Gasteiger partial charge in [-0.05, 0) is 25.7 Å². The van der Waals surface area contributed by atoms with Gasteiger partial charge in [0.05, 0.1) is 17.6 Å². The molecule has 1 aliphatic carbocycles. The normalized spacial score (nSPS) is 17.6. The lowest BCUT2D eigenvalue weighted by Crippen LogP contribution is -2.35. The summed E-state index contributed by atoms with van der Waals surface area (Å²) in [6, 6.07) is 0. The minimum Gasteiger partial charge on any atom is -0.383 e. The van der Waals surface area contributed by atoms with E-state index in [1.807, 2.05) is 0 Å². The van der Waals surface area contributed by atoms with E-state index < -0.39 is 0 Å². The molecule has 0 spiro atoms. The molecule has 4 rings (SSSR count). The molecule has 0 radical (unpaired) electrons. The van der Waals surface area contributed by atoms with Gasteiger partial charge in [-0.1, -0.05) is 0 Å². The van der Waals surface area contributed by atoms with Crippen LogP contribution in [0.2, 0.25) is 0 Å². The van der Waals surface area contributed by atoms with E-state index in [0.717, 1.165) is 42.9 Å². The molecule has 0 unspecified atom stereocenters. The summed E-state index contributed by atoms with van der Waals surface area (Å²) >= 11 is 0. The van der Waals surface area contributed by atoms with E-state index in [1.165, 1.54) is 0 Å². The number of hydrogen-bond donors (Lipinski definition) is 2. The zero-order valence-electron chi connectivity index (χ0n) is 11.5. The molecule has 1 fully saturated rings. The van der Waals surface area contributed by atoms with Crippen molar-refractivity contribution in [1.82, 2.24) is 20.2 Å². The molecule has 2 aromatic heterocycles. The van der Waals surface area contributed by atoms with Crippen LogP contribution in [0, 0.1) is 0 Å². The number of rotatable bonds is 2. The Hall–Kier alpha value is -2.44. The van der Waals surface area contributed by atoms with Gasteiger partial charge in [0.1, 0.15) is 17.2 Å². The summed E-state index contributed by atoms with van der Waals surface area (Å²) in [6.07, 6.45) is 7.27. The quantitative estimate of drug-likeness (QED) is 0.864. The SMILES string of the molecule is Nc1nc(C2CC2)ncc1C(=O)N1CCCc2[nH]ncc21. The van der Waals surface area contributed by atoms with Crippen molar-refractivity contribution in [2.75, 3.05) is 17.2 Å². The number of hydrogen-bond acceptors (Lipinski definition) is 5. The maximum Gasteiger partial charge on any atom is 0.263 e. The maximum atomic E-state index is 12.7. The number of carbonyl (C=O) groups excluding carboxylic acids is 1. The number of aromatic amines is 1. The van der Waals surface area contributed by atoms with Gasteiger partial charge in [0.2, 0.25) is 0 Å². The van der Waals surface area contributed by atoms with E-state index in [0.29, 0.717) is 18.0 Å². The third-order valence-corrected chi connectivity index (χ3v) is 4.05. The number of nitrogens with two attached hydrogens (primary N) is 1. The Morgan fingerprint density at radius 3 is 3.00 bits per heavy atom. The predicted octanol–water partition coefficient (Wildman–Crippen LogP) is 1.25. The summed E-state index contributed by atoms with van der Waals surface area (Å²) in [7, 11) is 0. The molecule has 1 amide bonds. The summed E-state index contributed by atoms with van der Waals surface area (Å²) < 4.78 is 0. The highest BCUT2D eigenvalue weighted by atomic mass is 16.2. The Morgan fingerprint density at radius 2 is 2.24 bits per heavy atom. The molecule has 1 aliphatic heterocycles. The summed E-state index contributed by atoms with van der Waals surface area (Å²) in [5, 5.41) is 6.95. The third-order valence-electron chi connectivity index (χ3n) is 4.05. The van der Waals surface area contributed by atoms with Crippen LogP contribution in [0.25, 0.3) is 0 Å². The Kier molecular flexibility index (Phi) is 2.66. The van der Waals surface area contributed by atoms with Gasteiger partial charge < -0.3 is 10.6 Å². The van der Waals surface area contributed by atoms with Gasteiger partial charge in [0.25, 0.3) is 5.91 Å². The number of nitrogen functional groups attached to an aromatic ring is 1. The van der Waals surface area contributed by atoms with Crippen LogP contribution in [-0.4, -0.2) is 32.6 Å². The average Bonchev–Trinajstić information content (AvgIpc) is 3.23. The first kappa shape index (κ1) is 12.3. The van der Waals surface area contributed by atoms with Crippen LogP contribution in [0.4, 0.5) is 11.5 Å². The molecule has 2 aromatic rings. The zero-order chi connectivity index (χ0) is 14.4. The highest BCUT2D eigenvalue weighted by Crippen LogP contribution is 2.38. The second-order valence-electron chi connectivity index (χ2n) is 5.60. The van der Waals surface area contributed by atoms with Crippen molar-refractivity contribution in [3.05, 3.63) is 29.5 Å². The molecule has 7 nitrogen and oxygen atoms in total. The number of anilines is 2. The number of aryl methyl sites for hydroxylation is 1. The molecule has 0 atom stereocenters. The van der Waals surface area contributed by atoms with Crippen molar-refractivity contribution in [3.8, 4) is 0 Å². The molecule has 3 heterocycles. The van der Waals surface area contributed by atoms with Gasteiger partial charge in [0.15, 0.2) is 0 Å². The Balaban J connectivity index is 1.66. The highest BCUT2D eigenvalue weighted by Gasteiger charge is 2.30. The maximum absolute atomic E-state index is 12.7. The van der Waals surface area contributed by atoms with Crippen LogP contribution in [0.5, 0.6) is 0 Å².